The van der Waals surface area contributed by atoms with E-state index in [2.05, 4.69) is 15.2 Å². The number of carbonyl (C=O) groups excluding carboxylic acids is 1. The summed E-state index contributed by atoms with van der Waals surface area (Å²) in [4.78, 5) is 16.1. The Hall–Kier alpha value is -2.27. The molecule has 4 nitrogen and oxygen atoms in total. The van der Waals surface area contributed by atoms with Crippen LogP contribution in [0.15, 0.2) is 42.9 Å². The fourth-order valence-corrected chi connectivity index (χ4v) is 2.22. The minimum absolute atomic E-state index is 0.142. The van der Waals surface area contributed by atoms with Gasteiger partial charge in [0.15, 0.2) is 6.17 Å². The van der Waals surface area contributed by atoms with Crippen LogP contribution in [0.25, 0.3) is 10.9 Å². The molecule has 0 aliphatic rings. The Kier molecular flexibility index (Phi) is 3.20. The fourth-order valence-electron chi connectivity index (χ4n) is 2.04. The lowest BCUT2D eigenvalue weighted by atomic mass is 10.00. The maximum absolute atomic E-state index is 14.3. The molecule has 6 heteroatoms. The molecule has 3 rings (SSSR count). The molecule has 0 saturated carbocycles. The summed E-state index contributed by atoms with van der Waals surface area (Å²) in [5.41, 5.74) is 1.11. The minimum atomic E-state index is -1.80. The van der Waals surface area contributed by atoms with Crippen molar-refractivity contribution in [3.05, 3.63) is 59.0 Å². The van der Waals surface area contributed by atoms with Crippen LogP contribution in [0.4, 0.5) is 4.39 Å². The number of hydrogen-bond acceptors (Lipinski definition) is 3. The van der Waals surface area contributed by atoms with E-state index in [1.165, 1.54) is 24.7 Å². The Morgan fingerprint density at radius 3 is 2.95 bits per heavy atom. The second-order valence-electron chi connectivity index (χ2n) is 4.30. The Morgan fingerprint density at radius 1 is 1.30 bits per heavy atom. The van der Waals surface area contributed by atoms with Gasteiger partial charge >= 0.3 is 0 Å². The molecular weight excluding hydrogens is 281 g/mol. The summed E-state index contributed by atoms with van der Waals surface area (Å²) >= 11 is 5.76. The molecule has 0 spiro atoms. The molecule has 20 heavy (non-hydrogen) atoms. The number of benzene rings is 1. The van der Waals surface area contributed by atoms with E-state index >= 15 is 0 Å². The Morgan fingerprint density at radius 2 is 2.15 bits per heavy atom. The van der Waals surface area contributed by atoms with Crippen molar-refractivity contribution in [2.75, 3.05) is 0 Å². The zero-order chi connectivity index (χ0) is 14.1. The number of nitrogens with zero attached hydrogens (tertiary/aromatic N) is 2. The number of carbonyl (C=O) groups is 1. The van der Waals surface area contributed by atoms with Crippen LogP contribution >= 0.6 is 11.6 Å². The minimum Gasteiger partial charge on any atom is -0.290 e. The molecule has 1 unspecified atom stereocenters. The highest BCUT2D eigenvalue weighted by atomic mass is 35.5. The molecule has 0 saturated heterocycles. The van der Waals surface area contributed by atoms with Crippen LogP contribution in [0, 0.1) is 0 Å². The molecule has 0 bridgehead atoms. The molecule has 2 heterocycles. The number of ketones is 1. The van der Waals surface area contributed by atoms with Gasteiger partial charge in [0.25, 0.3) is 0 Å². The van der Waals surface area contributed by atoms with E-state index in [0.29, 0.717) is 15.9 Å². The maximum Gasteiger partial charge on any atom is 0.202 e. The molecule has 0 fully saturated rings. The normalized spacial score (nSPS) is 12.5. The first kappa shape index (κ1) is 12.7. The van der Waals surface area contributed by atoms with Gasteiger partial charge < -0.3 is 0 Å². The maximum atomic E-state index is 14.3. The van der Waals surface area contributed by atoms with E-state index in [-0.39, 0.29) is 11.1 Å². The predicted octanol–water partition coefficient (Wildman–Crippen LogP) is 3.50. The van der Waals surface area contributed by atoms with Crippen molar-refractivity contribution in [2.45, 2.75) is 6.17 Å². The number of H-pyrrole nitrogens is 1. The average Bonchev–Trinajstić information content (AvgIpc) is 2.94. The van der Waals surface area contributed by atoms with Crippen molar-refractivity contribution in [3.8, 4) is 0 Å². The van der Waals surface area contributed by atoms with Gasteiger partial charge in [-0.05, 0) is 12.1 Å². The number of pyridine rings is 1. The second-order valence-corrected chi connectivity index (χ2v) is 4.74. The van der Waals surface area contributed by atoms with Crippen molar-refractivity contribution in [1.29, 1.82) is 0 Å². The van der Waals surface area contributed by atoms with E-state index in [0.717, 1.165) is 0 Å². The van der Waals surface area contributed by atoms with Crippen LogP contribution in [0.1, 0.15) is 22.1 Å². The predicted molar refractivity (Wildman–Crippen MR) is 73.5 cm³/mol. The van der Waals surface area contributed by atoms with E-state index in [9.17, 15) is 9.18 Å². The van der Waals surface area contributed by atoms with Crippen LogP contribution < -0.4 is 0 Å². The first-order chi connectivity index (χ1) is 9.66. The summed E-state index contributed by atoms with van der Waals surface area (Å²) < 4.78 is 14.3. The van der Waals surface area contributed by atoms with Gasteiger partial charge in [-0.25, -0.2) is 4.39 Å². The van der Waals surface area contributed by atoms with E-state index in [1.54, 1.807) is 18.2 Å². The molecule has 2 aromatic heterocycles. The van der Waals surface area contributed by atoms with Crippen LogP contribution in [0.2, 0.25) is 5.02 Å². The molecule has 0 amide bonds. The lowest BCUT2D eigenvalue weighted by Gasteiger charge is -2.08. The summed E-state index contributed by atoms with van der Waals surface area (Å²) in [5.74, 6) is -0.638. The Bertz CT molecular complexity index is 787. The van der Waals surface area contributed by atoms with Crippen molar-refractivity contribution >= 4 is 28.3 Å². The molecule has 100 valence electrons. The van der Waals surface area contributed by atoms with E-state index in [4.69, 9.17) is 11.6 Å². The zero-order valence-corrected chi connectivity index (χ0v) is 10.9. The molecular formula is C14H9ClFN3O. The number of alkyl halides is 1. The molecule has 3 aromatic rings. The number of Topliss-reactive ketones (excluding diaryl/α,β-unsaturated/α-hetero) is 1. The second kappa shape index (κ2) is 5.02. The summed E-state index contributed by atoms with van der Waals surface area (Å²) in [6.45, 7) is 0. The van der Waals surface area contributed by atoms with Gasteiger partial charge in [0, 0.05) is 28.9 Å². The number of aromatic amines is 1. The molecule has 0 radical (unpaired) electrons. The number of aromatic nitrogens is 3. The number of hydrogen-bond donors (Lipinski definition) is 1. The highest BCUT2D eigenvalue weighted by molar-refractivity contribution is 6.30. The topological polar surface area (TPSA) is 58.6 Å². The van der Waals surface area contributed by atoms with Crippen molar-refractivity contribution < 1.29 is 9.18 Å². The summed E-state index contributed by atoms with van der Waals surface area (Å²) in [6.07, 6.45) is 2.39. The number of nitrogens with one attached hydrogen (secondary N) is 1. The highest BCUT2D eigenvalue weighted by Gasteiger charge is 2.23. The van der Waals surface area contributed by atoms with Gasteiger partial charge in [0.2, 0.25) is 5.78 Å². The summed E-state index contributed by atoms with van der Waals surface area (Å²) in [7, 11) is 0. The number of halogens is 2. The van der Waals surface area contributed by atoms with E-state index in [1.807, 2.05) is 0 Å². The first-order valence-corrected chi connectivity index (χ1v) is 6.25. The summed E-state index contributed by atoms with van der Waals surface area (Å²) in [6, 6.07) is 6.42. The number of fused-ring (bicyclic) bond motifs is 1. The monoisotopic (exact) mass is 289 g/mol. The standard InChI is InChI=1S/C14H9ClFN3O/c15-9-4-8(5-17-6-9)13(16)14(20)10-2-1-3-12-11(10)7-18-19-12/h1-7,13H,(H,18,19). The van der Waals surface area contributed by atoms with Crippen LogP contribution in [0.3, 0.4) is 0 Å². The fraction of sp³-hybridized carbons (Fsp3) is 0.0714. The smallest absolute Gasteiger partial charge is 0.202 e. The van der Waals surface area contributed by atoms with Gasteiger partial charge in [-0.3, -0.25) is 14.9 Å². The average molecular weight is 290 g/mol. The Balaban J connectivity index is 2.02. The van der Waals surface area contributed by atoms with Gasteiger partial charge in [-0.1, -0.05) is 23.7 Å². The van der Waals surface area contributed by atoms with Crippen LogP contribution in [0.5, 0.6) is 0 Å². The van der Waals surface area contributed by atoms with Gasteiger partial charge in [0.1, 0.15) is 0 Å². The van der Waals surface area contributed by atoms with Gasteiger partial charge in [0.05, 0.1) is 16.7 Å². The quantitative estimate of drug-likeness (QED) is 0.751. The van der Waals surface area contributed by atoms with E-state index < -0.39 is 12.0 Å². The lowest BCUT2D eigenvalue weighted by molar-refractivity contribution is 0.0879. The van der Waals surface area contributed by atoms with Crippen molar-refractivity contribution in [1.82, 2.24) is 15.2 Å². The molecule has 0 aliphatic carbocycles. The Labute approximate surface area is 118 Å². The van der Waals surface area contributed by atoms with Crippen LogP contribution in [-0.2, 0) is 0 Å². The first-order valence-electron chi connectivity index (χ1n) is 5.87. The lowest BCUT2D eigenvalue weighted by Crippen LogP contribution is -2.09. The third kappa shape index (κ3) is 2.16. The van der Waals surface area contributed by atoms with Crippen LogP contribution in [-0.4, -0.2) is 21.0 Å². The highest BCUT2D eigenvalue weighted by Crippen LogP contribution is 2.27. The molecule has 0 aliphatic heterocycles. The van der Waals surface area contributed by atoms with Crippen molar-refractivity contribution in [2.24, 2.45) is 0 Å². The molecule has 1 aromatic carbocycles. The third-order valence-electron chi connectivity index (χ3n) is 3.00. The molecule has 1 N–H and O–H groups in total. The van der Waals surface area contributed by atoms with Gasteiger partial charge in [-0.2, -0.15) is 5.10 Å². The third-order valence-corrected chi connectivity index (χ3v) is 3.21. The van der Waals surface area contributed by atoms with Crippen molar-refractivity contribution in [3.63, 3.8) is 0 Å². The summed E-state index contributed by atoms with van der Waals surface area (Å²) in [5, 5.41) is 7.49. The SMILES string of the molecule is O=C(c1cccc2[nH]ncc12)C(F)c1cncc(Cl)c1. The molecule has 1 atom stereocenters. The number of rotatable bonds is 3. The van der Waals surface area contributed by atoms with Gasteiger partial charge in [-0.15, -0.1) is 0 Å². The zero-order valence-electron chi connectivity index (χ0n) is 10.2. The largest absolute Gasteiger partial charge is 0.290 e.